The third-order valence-electron chi connectivity index (χ3n) is 4.13. The molecule has 0 bridgehead atoms. The van der Waals surface area contributed by atoms with Crippen molar-refractivity contribution >= 4 is 27.5 Å². The van der Waals surface area contributed by atoms with E-state index in [0.717, 1.165) is 11.3 Å². The fourth-order valence-electron chi connectivity index (χ4n) is 2.66. The number of hydrogen-bond donors (Lipinski definition) is 1. The van der Waals surface area contributed by atoms with E-state index >= 15 is 0 Å². The van der Waals surface area contributed by atoms with Gasteiger partial charge in [0, 0.05) is 11.3 Å². The fourth-order valence-corrected chi connectivity index (χ4v) is 3.26. The standard InChI is InChI=1S/C22H20BrNO4/c1-14-6-4-5-7-19(14)28-17-10-8-16(9-11-17)24-22(25)15-12-18(23)21(27-3)20(13-15)26-2/h4-13H,1-3H3,(H,24,25). The highest BCUT2D eigenvalue weighted by Gasteiger charge is 2.15. The molecule has 144 valence electrons. The van der Waals surface area contributed by atoms with Crippen LogP contribution in [0.2, 0.25) is 0 Å². The maximum atomic E-state index is 12.6. The molecular formula is C22H20BrNO4. The van der Waals surface area contributed by atoms with Crippen molar-refractivity contribution in [2.24, 2.45) is 0 Å². The molecule has 0 unspecified atom stereocenters. The molecule has 0 aromatic heterocycles. The Labute approximate surface area is 172 Å². The summed E-state index contributed by atoms with van der Waals surface area (Å²) in [7, 11) is 3.07. The number of nitrogens with one attached hydrogen (secondary N) is 1. The molecule has 1 amide bonds. The SMILES string of the molecule is COc1cc(C(=O)Nc2ccc(Oc3ccccc3C)cc2)cc(Br)c1OC. The second-order valence-corrected chi connectivity index (χ2v) is 6.89. The molecule has 0 fully saturated rings. The first-order valence-electron chi connectivity index (χ1n) is 8.58. The van der Waals surface area contributed by atoms with Crippen molar-refractivity contribution in [2.75, 3.05) is 19.5 Å². The molecule has 0 radical (unpaired) electrons. The normalized spacial score (nSPS) is 10.3. The van der Waals surface area contributed by atoms with Gasteiger partial charge in [-0.1, -0.05) is 18.2 Å². The molecular weight excluding hydrogens is 422 g/mol. The quantitative estimate of drug-likeness (QED) is 0.523. The second-order valence-electron chi connectivity index (χ2n) is 6.04. The molecule has 6 heteroatoms. The zero-order valence-electron chi connectivity index (χ0n) is 15.8. The maximum Gasteiger partial charge on any atom is 0.255 e. The predicted octanol–water partition coefficient (Wildman–Crippen LogP) is 5.82. The summed E-state index contributed by atoms with van der Waals surface area (Å²) < 4.78 is 17.1. The first-order chi connectivity index (χ1) is 13.5. The number of benzene rings is 3. The molecule has 5 nitrogen and oxygen atoms in total. The van der Waals surface area contributed by atoms with E-state index in [1.54, 1.807) is 31.4 Å². The molecule has 0 aliphatic rings. The number of halogens is 1. The Hall–Kier alpha value is -2.99. The van der Waals surface area contributed by atoms with Crippen molar-refractivity contribution in [3.05, 3.63) is 76.3 Å². The average Bonchev–Trinajstić information content (AvgIpc) is 2.70. The summed E-state index contributed by atoms with van der Waals surface area (Å²) in [5, 5.41) is 2.86. The number of rotatable bonds is 6. The van der Waals surface area contributed by atoms with Crippen molar-refractivity contribution < 1.29 is 19.0 Å². The smallest absolute Gasteiger partial charge is 0.255 e. The molecule has 0 atom stereocenters. The second kappa shape index (κ2) is 8.80. The lowest BCUT2D eigenvalue weighted by Crippen LogP contribution is -2.12. The molecule has 0 aliphatic carbocycles. The van der Waals surface area contributed by atoms with Crippen LogP contribution in [0.15, 0.2) is 65.1 Å². The summed E-state index contributed by atoms with van der Waals surface area (Å²) in [4.78, 5) is 12.6. The summed E-state index contributed by atoms with van der Waals surface area (Å²) in [6.45, 7) is 1.99. The summed E-state index contributed by atoms with van der Waals surface area (Å²) in [5.74, 6) is 2.26. The van der Waals surface area contributed by atoms with Crippen LogP contribution in [0.5, 0.6) is 23.0 Å². The monoisotopic (exact) mass is 441 g/mol. The molecule has 3 aromatic rings. The van der Waals surface area contributed by atoms with E-state index in [4.69, 9.17) is 14.2 Å². The minimum atomic E-state index is -0.255. The van der Waals surface area contributed by atoms with Crippen LogP contribution >= 0.6 is 15.9 Å². The first kappa shape index (κ1) is 19.8. The van der Waals surface area contributed by atoms with Gasteiger partial charge >= 0.3 is 0 Å². The van der Waals surface area contributed by atoms with Crippen LogP contribution in [0.4, 0.5) is 5.69 Å². The average molecular weight is 442 g/mol. The third-order valence-corrected chi connectivity index (χ3v) is 4.72. The summed E-state index contributed by atoms with van der Waals surface area (Å²) in [5.41, 5.74) is 2.16. The van der Waals surface area contributed by atoms with Gasteiger partial charge in [0.25, 0.3) is 5.91 Å². The van der Waals surface area contributed by atoms with Crippen molar-refractivity contribution in [1.82, 2.24) is 0 Å². The van der Waals surface area contributed by atoms with Gasteiger partial charge in [0.2, 0.25) is 0 Å². The van der Waals surface area contributed by atoms with Gasteiger partial charge in [0.1, 0.15) is 11.5 Å². The Balaban J connectivity index is 1.73. The lowest BCUT2D eigenvalue weighted by atomic mass is 10.1. The van der Waals surface area contributed by atoms with Crippen molar-refractivity contribution in [3.8, 4) is 23.0 Å². The molecule has 0 heterocycles. The van der Waals surface area contributed by atoms with E-state index in [0.29, 0.717) is 33.0 Å². The number of aryl methyl sites for hydroxylation is 1. The van der Waals surface area contributed by atoms with Crippen LogP contribution in [-0.2, 0) is 0 Å². The molecule has 0 saturated carbocycles. The van der Waals surface area contributed by atoms with Gasteiger partial charge in [-0.15, -0.1) is 0 Å². The van der Waals surface area contributed by atoms with Crippen molar-refractivity contribution in [2.45, 2.75) is 6.92 Å². The zero-order valence-corrected chi connectivity index (χ0v) is 17.4. The number of para-hydroxylation sites is 1. The molecule has 0 saturated heterocycles. The Morgan fingerprint density at radius 1 is 0.929 bits per heavy atom. The van der Waals surface area contributed by atoms with E-state index in [1.807, 2.05) is 43.3 Å². The highest BCUT2D eigenvalue weighted by molar-refractivity contribution is 9.10. The van der Waals surface area contributed by atoms with Crippen LogP contribution < -0.4 is 19.5 Å². The number of carbonyl (C=O) groups is 1. The molecule has 28 heavy (non-hydrogen) atoms. The Kier molecular flexibility index (Phi) is 6.21. The lowest BCUT2D eigenvalue weighted by molar-refractivity contribution is 0.102. The zero-order chi connectivity index (χ0) is 20.1. The molecule has 3 rings (SSSR count). The van der Waals surface area contributed by atoms with Gasteiger partial charge in [0.05, 0.1) is 18.7 Å². The van der Waals surface area contributed by atoms with Gasteiger partial charge in [-0.2, -0.15) is 0 Å². The molecule has 3 aromatic carbocycles. The Morgan fingerprint density at radius 3 is 2.29 bits per heavy atom. The lowest BCUT2D eigenvalue weighted by Gasteiger charge is -2.12. The number of amides is 1. The Bertz CT molecular complexity index is 986. The first-order valence-corrected chi connectivity index (χ1v) is 9.37. The fraction of sp³-hybridized carbons (Fsp3) is 0.136. The van der Waals surface area contributed by atoms with Crippen LogP contribution in [-0.4, -0.2) is 20.1 Å². The molecule has 1 N–H and O–H groups in total. The minimum Gasteiger partial charge on any atom is -0.493 e. The minimum absolute atomic E-state index is 0.255. The molecule has 0 spiro atoms. The van der Waals surface area contributed by atoms with Crippen LogP contribution in [0, 0.1) is 6.92 Å². The van der Waals surface area contributed by atoms with Gasteiger partial charge < -0.3 is 19.5 Å². The number of ether oxygens (including phenoxy) is 3. The van der Waals surface area contributed by atoms with E-state index in [9.17, 15) is 4.79 Å². The number of hydrogen-bond acceptors (Lipinski definition) is 4. The van der Waals surface area contributed by atoms with Crippen LogP contribution in [0.3, 0.4) is 0 Å². The van der Waals surface area contributed by atoms with Crippen LogP contribution in [0.25, 0.3) is 0 Å². The van der Waals surface area contributed by atoms with E-state index in [2.05, 4.69) is 21.2 Å². The number of carbonyl (C=O) groups excluding carboxylic acids is 1. The van der Waals surface area contributed by atoms with Gasteiger partial charge in [-0.25, -0.2) is 0 Å². The van der Waals surface area contributed by atoms with E-state index in [-0.39, 0.29) is 5.91 Å². The topological polar surface area (TPSA) is 56.8 Å². The number of methoxy groups -OCH3 is 2. The van der Waals surface area contributed by atoms with Crippen molar-refractivity contribution in [1.29, 1.82) is 0 Å². The highest BCUT2D eigenvalue weighted by Crippen LogP contribution is 2.36. The third kappa shape index (κ3) is 4.46. The van der Waals surface area contributed by atoms with E-state index < -0.39 is 0 Å². The predicted molar refractivity (Wildman–Crippen MR) is 113 cm³/mol. The van der Waals surface area contributed by atoms with Gasteiger partial charge in [-0.05, 0) is 70.9 Å². The summed E-state index contributed by atoms with van der Waals surface area (Å²) in [6, 6.07) is 18.3. The van der Waals surface area contributed by atoms with Crippen molar-refractivity contribution in [3.63, 3.8) is 0 Å². The molecule has 0 aliphatic heterocycles. The Morgan fingerprint density at radius 2 is 1.64 bits per heavy atom. The van der Waals surface area contributed by atoms with Gasteiger partial charge in [-0.3, -0.25) is 4.79 Å². The number of anilines is 1. The van der Waals surface area contributed by atoms with Gasteiger partial charge in [0.15, 0.2) is 11.5 Å². The highest BCUT2D eigenvalue weighted by atomic mass is 79.9. The maximum absolute atomic E-state index is 12.6. The summed E-state index contributed by atoms with van der Waals surface area (Å²) >= 11 is 3.40. The largest absolute Gasteiger partial charge is 0.493 e. The summed E-state index contributed by atoms with van der Waals surface area (Å²) in [6.07, 6.45) is 0. The van der Waals surface area contributed by atoms with E-state index in [1.165, 1.54) is 7.11 Å². The van der Waals surface area contributed by atoms with Crippen LogP contribution in [0.1, 0.15) is 15.9 Å².